The number of thiazole rings is 1. The molecular formula is C14H14N4OS. The molecule has 5 nitrogen and oxygen atoms in total. The van der Waals surface area contributed by atoms with Gasteiger partial charge in [-0.1, -0.05) is 6.07 Å². The lowest BCUT2D eigenvalue weighted by Crippen LogP contribution is -2.13. The molecule has 0 unspecified atom stereocenters. The maximum atomic E-state index is 12.2. The normalized spacial score (nSPS) is 10.9. The fourth-order valence-corrected chi connectivity index (χ4v) is 2.70. The molecule has 0 fully saturated rings. The monoisotopic (exact) mass is 286 g/mol. The Morgan fingerprint density at radius 1 is 1.25 bits per heavy atom. The smallest absolute Gasteiger partial charge is 0.258 e. The minimum absolute atomic E-state index is 0.191. The molecule has 1 aromatic carbocycles. The number of anilines is 1. The van der Waals surface area contributed by atoms with Crippen LogP contribution in [0, 0.1) is 20.8 Å². The topological polar surface area (TPSA) is 59.3 Å². The first-order valence-electron chi connectivity index (χ1n) is 6.24. The summed E-state index contributed by atoms with van der Waals surface area (Å²) in [6.45, 7) is 5.96. The molecule has 6 heteroatoms. The van der Waals surface area contributed by atoms with Crippen LogP contribution in [-0.2, 0) is 0 Å². The van der Waals surface area contributed by atoms with E-state index in [1.54, 1.807) is 10.6 Å². The molecule has 1 amide bonds. The predicted molar refractivity (Wildman–Crippen MR) is 79.5 cm³/mol. The van der Waals surface area contributed by atoms with Crippen molar-refractivity contribution in [3.8, 4) is 0 Å². The van der Waals surface area contributed by atoms with Gasteiger partial charge in [0, 0.05) is 10.9 Å². The van der Waals surface area contributed by atoms with E-state index in [9.17, 15) is 4.79 Å². The van der Waals surface area contributed by atoms with Crippen LogP contribution in [0.25, 0.3) is 4.96 Å². The summed E-state index contributed by atoms with van der Waals surface area (Å²) in [5.41, 5.74) is 3.87. The molecule has 0 saturated heterocycles. The van der Waals surface area contributed by atoms with E-state index in [1.165, 1.54) is 11.3 Å². The first kappa shape index (κ1) is 12.8. The Labute approximate surface area is 120 Å². The number of hydrogen-bond acceptors (Lipinski definition) is 4. The van der Waals surface area contributed by atoms with Gasteiger partial charge in [0.05, 0.1) is 5.69 Å². The van der Waals surface area contributed by atoms with Gasteiger partial charge in [-0.3, -0.25) is 10.1 Å². The van der Waals surface area contributed by atoms with E-state index in [2.05, 4.69) is 15.4 Å². The van der Waals surface area contributed by atoms with Crippen molar-refractivity contribution in [3.05, 3.63) is 46.0 Å². The molecule has 0 bridgehead atoms. The van der Waals surface area contributed by atoms with E-state index >= 15 is 0 Å². The van der Waals surface area contributed by atoms with Gasteiger partial charge in [-0.15, -0.1) is 16.4 Å². The summed E-state index contributed by atoms with van der Waals surface area (Å²) in [5, 5.41) is 8.97. The van der Waals surface area contributed by atoms with Gasteiger partial charge in [0.2, 0.25) is 4.96 Å². The van der Waals surface area contributed by atoms with Gasteiger partial charge >= 0.3 is 0 Å². The van der Waals surface area contributed by atoms with Crippen molar-refractivity contribution in [1.82, 2.24) is 14.6 Å². The van der Waals surface area contributed by atoms with E-state index in [0.717, 1.165) is 21.8 Å². The van der Waals surface area contributed by atoms with Crippen molar-refractivity contribution in [2.75, 3.05) is 5.32 Å². The van der Waals surface area contributed by atoms with Crippen LogP contribution in [-0.4, -0.2) is 20.5 Å². The number of nitrogens with one attached hydrogen (secondary N) is 1. The molecule has 102 valence electrons. The number of benzene rings is 1. The summed E-state index contributed by atoms with van der Waals surface area (Å²) < 4.78 is 1.72. The summed E-state index contributed by atoms with van der Waals surface area (Å²) in [7, 11) is 0. The second-order valence-corrected chi connectivity index (χ2v) is 5.60. The molecule has 0 radical (unpaired) electrons. The van der Waals surface area contributed by atoms with E-state index < -0.39 is 0 Å². The third-order valence-corrected chi connectivity index (χ3v) is 4.17. The van der Waals surface area contributed by atoms with Gasteiger partial charge in [0.25, 0.3) is 11.9 Å². The molecule has 20 heavy (non-hydrogen) atoms. The predicted octanol–water partition coefficient (Wildman–Crippen LogP) is 2.97. The summed E-state index contributed by atoms with van der Waals surface area (Å²) in [6, 6.07) is 5.61. The molecule has 0 atom stereocenters. The number of rotatable bonds is 2. The number of carbonyl (C=O) groups is 1. The molecule has 2 aromatic heterocycles. The summed E-state index contributed by atoms with van der Waals surface area (Å²) in [4.78, 5) is 17.2. The molecule has 0 aliphatic heterocycles. The molecule has 0 saturated carbocycles. The lowest BCUT2D eigenvalue weighted by atomic mass is 10.1. The van der Waals surface area contributed by atoms with Crippen LogP contribution in [0.5, 0.6) is 0 Å². The lowest BCUT2D eigenvalue weighted by Gasteiger charge is -2.04. The minimum atomic E-state index is -0.191. The first-order valence-corrected chi connectivity index (χ1v) is 7.12. The van der Waals surface area contributed by atoms with Gasteiger partial charge < -0.3 is 0 Å². The largest absolute Gasteiger partial charge is 0.289 e. The number of aryl methyl sites for hydroxylation is 3. The third kappa shape index (κ3) is 2.18. The van der Waals surface area contributed by atoms with Gasteiger partial charge in [0.1, 0.15) is 0 Å². The Bertz CT molecular complexity index is 803. The quantitative estimate of drug-likeness (QED) is 0.788. The number of fused-ring (bicyclic) bond motifs is 1. The van der Waals surface area contributed by atoms with Gasteiger partial charge in [-0.05, 0) is 44.0 Å². The van der Waals surface area contributed by atoms with Crippen LogP contribution < -0.4 is 5.32 Å². The summed E-state index contributed by atoms with van der Waals surface area (Å²) in [6.07, 6.45) is 0. The van der Waals surface area contributed by atoms with Gasteiger partial charge in [-0.25, -0.2) is 4.52 Å². The zero-order valence-corrected chi connectivity index (χ0v) is 12.3. The van der Waals surface area contributed by atoms with E-state index in [-0.39, 0.29) is 5.91 Å². The van der Waals surface area contributed by atoms with Crippen LogP contribution in [0.1, 0.15) is 27.2 Å². The Morgan fingerprint density at radius 2 is 2.05 bits per heavy atom. The highest BCUT2D eigenvalue weighted by Crippen LogP contribution is 2.16. The molecule has 3 aromatic rings. The molecule has 3 rings (SSSR count). The van der Waals surface area contributed by atoms with Crippen molar-refractivity contribution in [3.63, 3.8) is 0 Å². The van der Waals surface area contributed by atoms with Crippen molar-refractivity contribution in [2.24, 2.45) is 0 Å². The van der Waals surface area contributed by atoms with Crippen LogP contribution >= 0.6 is 11.3 Å². The summed E-state index contributed by atoms with van der Waals surface area (Å²) >= 11 is 1.50. The zero-order valence-electron chi connectivity index (χ0n) is 11.5. The van der Waals surface area contributed by atoms with Gasteiger partial charge in [0.15, 0.2) is 0 Å². The molecule has 0 aliphatic rings. The highest BCUT2D eigenvalue weighted by atomic mass is 32.1. The number of amides is 1. The Balaban J connectivity index is 1.86. The molecule has 2 heterocycles. The lowest BCUT2D eigenvalue weighted by molar-refractivity contribution is 0.102. The Kier molecular flexibility index (Phi) is 3.02. The maximum Gasteiger partial charge on any atom is 0.258 e. The van der Waals surface area contributed by atoms with E-state index in [0.29, 0.717) is 11.5 Å². The van der Waals surface area contributed by atoms with E-state index in [1.807, 2.05) is 38.3 Å². The van der Waals surface area contributed by atoms with Crippen molar-refractivity contribution in [2.45, 2.75) is 20.8 Å². The standard InChI is InChI=1S/C14H14N4OS/c1-8-4-5-11(6-9(8)2)12(19)15-13-16-14-18(17-13)10(3)7-20-14/h4-7H,1-3H3,(H,15,17,19). The average molecular weight is 286 g/mol. The maximum absolute atomic E-state index is 12.2. The van der Waals surface area contributed by atoms with Crippen LogP contribution in [0.2, 0.25) is 0 Å². The third-order valence-electron chi connectivity index (χ3n) is 3.24. The van der Waals surface area contributed by atoms with Crippen molar-refractivity contribution >= 4 is 28.2 Å². The highest BCUT2D eigenvalue weighted by Gasteiger charge is 2.12. The Morgan fingerprint density at radius 3 is 2.75 bits per heavy atom. The number of carbonyl (C=O) groups excluding carboxylic acids is 1. The Hall–Kier alpha value is -2.21. The summed E-state index contributed by atoms with van der Waals surface area (Å²) in [5.74, 6) is 0.146. The molecule has 0 aliphatic carbocycles. The SMILES string of the molecule is Cc1ccc(C(=O)Nc2nc3scc(C)n3n2)cc1C. The number of aromatic nitrogens is 3. The van der Waals surface area contributed by atoms with Crippen molar-refractivity contribution in [1.29, 1.82) is 0 Å². The zero-order chi connectivity index (χ0) is 14.3. The molecule has 0 spiro atoms. The fraction of sp³-hybridized carbons (Fsp3) is 0.214. The number of nitrogens with zero attached hydrogens (tertiary/aromatic N) is 3. The average Bonchev–Trinajstić information content (AvgIpc) is 2.95. The van der Waals surface area contributed by atoms with Crippen molar-refractivity contribution < 1.29 is 4.79 Å². The molecular weight excluding hydrogens is 272 g/mol. The minimum Gasteiger partial charge on any atom is -0.289 e. The second kappa shape index (κ2) is 4.72. The second-order valence-electron chi connectivity index (χ2n) is 4.76. The first-order chi connectivity index (χ1) is 9.54. The molecule has 1 N–H and O–H groups in total. The van der Waals surface area contributed by atoms with Crippen LogP contribution in [0.4, 0.5) is 5.95 Å². The van der Waals surface area contributed by atoms with Gasteiger partial charge in [-0.2, -0.15) is 4.98 Å². The van der Waals surface area contributed by atoms with E-state index in [4.69, 9.17) is 0 Å². The van der Waals surface area contributed by atoms with Crippen LogP contribution in [0.3, 0.4) is 0 Å². The number of hydrogen-bond donors (Lipinski definition) is 1. The fourth-order valence-electron chi connectivity index (χ4n) is 1.90. The van der Waals surface area contributed by atoms with Crippen LogP contribution in [0.15, 0.2) is 23.6 Å². The highest BCUT2D eigenvalue weighted by molar-refractivity contribution is 7.15.